The molecule has 0 aromatic heterocycles. The summed E-state index contributed by atoms with van der Waals surface area (Å²) < 4.78 is 5.12. The number of anilines is 1. The molecular formula is C22H31N3O3. The Morgan fingerprint density at radius 2 is 1.54 bits per heavy atom. The second-order valence-electron chi connectivity index (χ2n) is 9.20. The minimum Gasteiger partial charge on any atom is -0.497 e. The number of ether oxygens (including phenoxy) is 1. The third-order valence-electron chi connectivity index (χ3n) is 6.64. The molecule has 4 saturated carbocycles. The van der Waals surface area contributed by atoms with E-state index in [0.29, 0.717) is 0 Å². The highest BCUT2D eigenvalue weighted by Gasteiger charge is 2.51. The lowest BCUT2D eigenvalue weighted by atomic mass is 9.53. The third kappa shape index (κ3) is 4.32. The van der Waals surface area contributed by atoms with Gasteiger partial charge in [-0.15, -0.1) is 0 Å². The minimum atomic E-state index is -0.129. The maximum atomic E-state index is 12.7. The van der Waals surface area contributed by atoms with Crippen LogP contribution >= 0.6 is 0 Å². The summed E-state index contributed by atoms with van der Waals surface area (Å²) in [5.74, 6) is 3.08. The van der Waals surface area contributed by atoms with Gasteiger partial charge in [0.2, 0.25) is 11.8 Å². The van der Waals surface area contributed by atoms with Gasteiger partial charge in [-0.05, 0) is 87.6 Å². The standard InChI is InChI=1S/C22H31N3O3/c1-25(13-20(26)23-18-3-5-19(28-2)6-4-18)14-21(27)24-22-10-15-7-16(11-22)9-17(8-15)12-22/h3-6,15-17H,7-14H2,1-2H3,(H,23,26)(H,24,27). The fourth-order valence-electron chi connectivity index (χ4n) is 6.02. The second kappa shape index (κ2) is 7.74. The van der Waals surface area contributed by atoms with E-state index in [1.54, 1.807) is 36.3 Å². The van der Waals surface area contributed by atoms with Gasteiger partial charge in [0.25, 0.3) is 0 Å². The molecule has 0 radical (unpaired) electrons. The van der Waals surface area contributed by atoms with Crippen LogP contribution in [0.1, 0.15) is 38.5 Å². The predicted octanol–water partition coefficient (Wildman–Crippen LogP) is 2.65. The minimum absolute atomic E-state index is 0.0258. The molecule has 1 aromatic rings. The maximum Gasteiger partial charge on any atom is 0.238 e. The van der Waals surface area contributed by atoms with Crippen LogP contribution in [0.3, 0.4) is 0 Å². The van der Waals surface area contributed by atoms with Gasteiger partial charge < -0.3 is 15.4 Å². The summed E-state index contributed by atoms with van der Waals surface area (Å²) in [6.45, 7) is 0.429. The Balaban J connectivity index is 1.24. The van der Waals surface area contributed by atoms with E-state index in [1.807, 2.05) is 7.05 Å². The van der Waals surface area contributed by atoms with Crippen molar-refractivity contribution in [3.05, 3.63) is 24.3 Å². The zero-order valence-corrected chi connectivity index (χ0v) is 16.9. The fraction of sp³-hybridized carbons (Fsp3) is 0.636. The highest BCUT2D eigenvalue weighted by molar-refractivity contribution is 5.92. The lowest BCUT2D eigenvalue weighted by Gasteiger charge is -2.57. The normalized spacial score (nSPS) is 30.3. The van der Waals surface area contributed by atoms with Crippen LogP contribution in [0, 0.1) is 17.8 Å². The lowest BCUT2D eigenvalue weighted by molar-refractivity contribution is -0.128. The molecule has 6 heteroatoms. The van der Waals surface area contributed by atoms with E-state index in [-0.39, 0.29) is 30.4 Å². The van der Waals surface area contributed by atoms with Crippen molar-refractivity contribution in [1.29, 1.82) is 0 Å². The number of carbonyl (C=O) groups is 2. The van der Waals surface area contributed by atoms with E-state index in [9.17, 15) is 9.59 Å². The zero-order chi connectivity index (χ0) is 19.7. The first-order valence-electron chi connectivity index (χ1n) is 10.4. The molecule has 0 saturated heterocycles. The molecule has 0 heterocycles. The highest BCUT2D eigenvalue weighted by Crippen LogP contribution is 2.55. The van der Waals surface area contributed by atoms with Crippen LogP contribution in [-0.4, -0.2) is 49.5 Å². The monoisotopic (exact) mass is 385 g/mol. The molecule has 5 rings (SSSR count). The van der Waals surface area contributed by atoms with Crippen LogP contribution in [0.2, 0.25) is 0 Å². The SMILES string of the molecule is COc1ccc(NC(=O)CN(C)CC(=O)NC23CC4CC(CC(C4)C2)C3)cc1. The Bertz CT molecular complexity index is 696. The molecule has 6 nitrogen and oxygen atoms in total. The Morgan fingerprint density at radius 3 is 2.07 bits per heavy atom. The van der Waals surface area contributed by atoms with Crippen molar-refractivity contribution in [2.45, 2.75) is 44.1 Å². The number of benzene rings is 1. The number of carbonyl (C=O) groups excluding carboxylic acids is 2. The van der Waals surface area contributed by atoms with E-state index >= 15 is 0 Å². The van der Waals surface area contributed by atoms with E-state index in [2.05, 4.69) is 10.6 Å². The summed E-state index contributed by atoms with van der Waals surface area (Å²) >= 11 is 0. The number of nitrogens with zero attached hydrogens (tertiary/aromatic N) is 1. The molecule has 0 atom stereocenters. The van der Waals surface area contributed by atoms with Crippen LogP contribution in [0.5, 0.6) is 5.75 Å². The molecule has 4 aliphatic carbocycles. The van der Waals surface area contributed by atoms with Crippen molar-refractivity contribution in [3.8, 4) is 5.75 Å². The summed E-state index contributed by atoms with van der Waals surface area (Å²) in [5.41, 5.74) is 0.745. The van der Waals surface area contributed by atoms with Crippen LogP contribution in [-0.2, 0) is 9.59 Å². The largest absolute Gasteiger partial charge is 0.497 e. The number of likely N-dealkylation sites (N-methyl/N-ethyl adjacent to an activating group) is 1. The Labute approximate surface area is 167 Å². The molecule has 1 aromatic carbocycles. The lowest BCUT2D eigenvalue weighted by Crippen LogP contribution is -2.61. The van der Waals surface area contributed by atoms with Gasteiger partial charge in [0.05, 0.1) is 20.2 Å². The third-order valence-corrected chi connectivity index (χ3v) is 6.64. The molecule has 2 N–H and O–H groups in total. The van der Waals surface area contributed by atoms with Crippen molar-refractivity contribution in [2.24, 2.45) is 17.8 Å². The number of nitrogens with one attached hydrogen (secondary N) is 2. The Morgan fingerprint density at radius 1 is 1.00 bits per heavy atom. The van der Waals surface area contributed by atoms with E-state index in [1.165, 1.54) is 19.3 Å². The average molecular weight is 386 g/mol. The molecule has 2 amide bonds. The fourth-order valence-corrected chi connectivity index (χ4v) is 6.02. The number of methoxy groups -OCH3 is 1. The smallest absolute Gasteiger partial charge is 0.238 e. The van der Waals surface area contributed by atoms with Gasteiger partial charge >= 0.3 is 0 Å². The molecule has 0 unspecified atom stereocenters. The summed E-state index contributed by atoms with van der Waals surface area (Å²) in [4.78, 5) is 26.7. The van der Waals surface area contributed by atoms with Crippen molar-refractivity contribution in [2.75, 3.05) is 32.6 Å². The van der Waals surface area contributed by atoms with Crippen molar-refractivity contribution in [3.63, 3.8) is 0 Å². The Hall–Kier alpha value is -2.08. The molecule has 4 bridgehead atoms. The number of hydrogen-bond donors (Lipinski definition) is 2. The van der Waals surface area contributed by atoms with Crippen molar-refractivity contribution in [1.82, 2.24) is 10.2 Å². The van der Waals surface area contributed by atoms with Crippen LogP contribution in [0.15, 0.2) is 24.3 Å². The second-order valence-corrected chi connectivity index (χ2v) is 9.20. The molecule has 0 spiro atoms. The van der Waals surface area contributed by atoms with E-state index < -0.39 is 0 Å². The van der Waals surface area contributed by atoms with Gasteiger partial charge in [0, 0.05) is 11.2 Å². The molecule has 28 heavy (non-hydrogen) atoms. The first-order valence-corrected chi connectivity index (χ1v) is 10.4. The van der Waals surface area contributed by atoms with Gasteiger partial charge in [-0.25, -0.2) is 0 Å². The van der Waals surface area contributed by atoms with Crippen LogP contribution in [0.25, 0.3) is 0 Å². The van der Waals surface area contributed by atoms with Gasteiger partial charge in [0.15, 0.2) is 0 Å². The maximum absolute atomic E-state index is 12.7. The molecule has 0 aliphatic heterocycles. The van der Waals surface area contributed by atoms with Crippen LogP contribution in [0.4, 0.5) is 5.69 Å². The van der Waals surface area contributed by atoms with Gasteiger partial charge in [0.1, 0.15) is 5.75 Å². The van der Waals surface area contributed by atoms with E-state index in [0.717, 1.165) is 48.5 Å². The molecular weight excluding hydrogens is 354 g/mol. The molecule has 4 aliphatic rings. The summed E-state index contributed by atoms with van der Waals surface area (Å²) in [7, 11) is 3.42. The predicted molar refractivity (Wildman–Crippen MR) is 108 cm³/mol. The van der Waals surface area contributed by atoms with Crippen LogP contribution < -0.4 is 15.4 Å². The van der Waals surface area contributed by atoms with E-state index in [4.69, 9.17) is 4.74 Å². The highest BCUT2D eigenvalue weighted by atomic mass is 16.5. The average Bonchev–Trinajstić information content (AvgIpc) is 2.60. The topological polar surface area (TPSA) is 70.7 Å². The quantitative estimate of drug-likeness (QED) is 0.757. The Kier molecular flexibility index (Phi) is 5.32. The molecule has 4 fully saturated rings. The summed E-state index contributed by atoms with van der Waals surface area (Å²) in [5, 5.41) is 6.22. The number of amides is 2. The number of hydrogen-bond acceptors (Lipinski definition) is 4. The number of rotatable bonds is 7. The van der Waals surface area contributed by atoms with Gasteiger partial charge in [-0.1, -0.05) is 0 Å². The summed E-state index contributed by atoms with van der Waals surface area (Å²) in [6, 6.07) is 7.21. The first-order chi connectivity index (χ1) is 13.4. The van der Waals surface area contributed by atoms with Crippen molar-refractivity contribution >= 4 is 17.5 Å². The van der Waals surface area contributed by atoms with Gasteiger partial charge in [-0.3, -0.25) is 14.5 Å². The summed E-state index contributed by atoms with van der Waals surface area (Å²) in [6.07, 6.45) is 7.52. The van der Waals surface area contributed by atoms with Crippen molar-refractivity contribution < 1.29 is 14.3 Å². The zero-order valence-electron chi connectivity index (χ0n) is 16.9. The first kappa shape index (κ1) is 19.2. The van der Waals surface area contributed by atoms with Gasteiger partial charge in [-0.2, -0.15) is 0 Å². The molecule has 152 valence electrons.